The minimum Gasteiger partial charge on any atom is -0.489 e. The Labute approximate surface area is 159 Å². The number of rotatable bonds is 6. The maximum atomic E-state index is 12.9. The lowest BCUT2D eigenvalue weighted by atomic mass is 10.2. The number of carbonyl (C=O) groups excluding carboxylic acids is 1. The predicted octanol–water partition coefficient (Wildman–Crippen LogP) is 4.60. The maximum Gasteiger partial charge on any atom is 0.157 e. The van der Waals surface area contributed by atoms with Crippen LogP contribution >= 0.6 is 0 Å². The molecule has 0 amide bonds. The van der Waals surface area contributed by atoms with Gasteiger partial charge in [0.15, 0.2) is 17.3 Å². The first-order valence-corrected chi connectivity index (χ1v) is 9.61. The summed E-state index contributed by atoms with van der Waals surface area (Å²) in [5, 5.41) is 0.722. The van der Waals surface area contributed by atoms with Crippen LogP contribution in [-0.4, -0.2) is 14.5 Å². The second-order valence-electron chi connectivity index (χ2n) is 6.04. The zero-order chi connectivity index (χ0) is 18.6. The van der Waals surface area contributed by atoms with E-state index in [4.69, 9.17) is 4.74 Å². The van der Waals surface area contributed by atoms with Crippen LogP contribution in [0.3, 0.4) is 0 Å². The summed E-state index contributed by atoms with van der Waals surface area (Å²) >= 11 is 0. The van der Waals surface area contributed by atoms with Crippen LogP contribution in [-0.2, 0) is 17.6 Å². The lowest BCUT2D eigenvalue weighted by Gasteiger charge is -2.08. The van der Waals surface area contributed by atoms with E-state index < -0.39 is 11.0 Å². The summed E-state index contributed by atoms with van der Waals surface area (Å²) in [6, 6.07) is 24.5. The van der Waals surface area contributed by atoms with Gasteiger partial charge in [-0.2, -0.15) is 0 Å². The minimum atomic E-state index is -1.43. The van der Waals surface area contributed by atoms with Gasteiger partial charge in [0.2, 0.25) is 0 Å². The molecule has 27 heavy (non-hydrogen) atoms. The molecule has 0 fully saturated rings. The molecule has 0 saturated heterocycles. The molecule has 1 aromatic heterocycles. The Morgan fingerprint density at radius 2 is 1.63 bits per heavy atom. The van der Waals surface area contributed by atoms with Crippen molar-refractivity contribution in [1.29, 1.82) is 0 Å². The van der Waals surface area contributed by atoms with Crippen molar-refractivity contribution >= 4 is 28.2 Å². The average Bonchev–Trinajstić information content (AvgIpc) is 3.11. The fourth-order valence-corrected chi connectivity index (χ4v) is 4.08. The van der Waals surface area contributed by atoms with Gasteiger partial charge >= 0.3 is 0 Å². The van der Waals surface area contributed by atoms with Crippen molar-refractivity contribution in [3.63, 3.8) is 0 Å². The molecule has 0 spiro atoms. The fourth-order valence-electron chi connectivity index (χ4n) is 2.92. The normalized spacial score (nSPS) is 12.0. The van der Waals surface area contributed by atoms with Gasteiger partial charge in [0.25, 0.3) is 0 Å². The summed E-state index contributed by atoms with van der Waals surface area (Å²) in [5.74, 6) is 0.665. The lowest BCUT2D eigenvalue weighted by molar-refractivity contribution is 0.112. The highest BCUT2D eigenvalue weighted by Crippen LogP contribution is 2.27. The van der Waals surface area contributed by atoms with Crippen molar-refractivity contribution in [1.82, 2.24) is 3.97 Å². The second-order valence-corrected chi connectivity index (χ2v) is 7.41. The first kappa shape index (κ1) is 17.2. The van der Waals surface area contributed by atoms with Gasteiger partial charge in [0.05, 0.1) is 10.4 Å². The molecule has 0 saturated carbocycles. The van der Waals surface area contributed by atoms with Crippen molar-refractivity contribution in [2.75, 3.05) is 0 Å². The highest BCUT2D eigenvalue weighted by atomic mass is 32.2. The molecule has 0 bridgehead atoms. The third-order valence-electron chi connectivity index (χ3n) is 4.27. The van der Waals surface area contributed by atoms with Gasteiger partial charge in [-0.15, -0.1) is 0 Å². The van der Waals surface area contributed by atoms with Crippen LogP contribution in [0.4, 0.5) is 0 Å². The van der Waals surface area contributed by atoms with Crippen LogP contribution in [0.25, 0.3) is 10.9 Å². The summed E-state index contributed by atoms with van der Waals surface area (Å²) < 4.78 is 20.4. The molecule has 4 nitrogen and oxygen atoms in total. The summed E-state index contributed by atoms with van der Waals surface area (Å²) in [4.78, 5) is 12.2. The van der Waals surface area contributed by atoms with Gasteiger partial charge in [-0.1, -0.05) is 48.5 Å². The zero-order valence-electron chi connectivity index (χ0n) is 14.4. The molecule has 0 aliphatic heterocycles. The number of hydrogen-bond acceptors (Lipinski definition) is 3. The van der Waals surface area contributed by atoms with Crippen molar-refractivity contribution < 1.29 is 13.7 Å². The third kappa shape index (κ3) is 3.55. The van der Waals surface area contributed by atoms with Gasteiger partial charge in [-0.25, -0.2) is 4.21 Å². The van der Waals surface area contributed by atoms with Crippen LogP contribution in [0.2, 0.25) is 0 Å². The van der Waals surface area contributed by atoms with E-state index in [1.54, 1.807) is 22.3 Å². The number of aromatic nitrogens is 1. The van der Waals surface area contributed by atoms with Gasteiger partial charge in [0, 0.05) is 17.1 Å². The molecular weight excluding hydrogens is 358 g/mol. The van der Waals surface area contributed by atoms with Crippen molar-refractivity contribution in [3.05, 3.63) is 96.2 Å². The van der Waals surface area contributed by atoms with Crippen molar-refractivity contribution in [2.45, 2.75) is 11.5 Å². The molecule has 4 aromatic rings. The third-order valence-corrected chi connectivity index (χ3v) is 5.61. The van der Waals surface area contributed by atoms with Crippen molar-refractivity contribution in [3.8, 4) is 5.75 Å². The molecule has 0 aliphatic carbocycles. The van der Waals surface area contributed by atoms with E-state index in [0.29, 0.717) is 22.8 Å². The number of benzene rings is 3. The minimum absolute atomic E-state index is 0.444. The number of hydrogen-bond donors (Lipinski definition) is 0. The van der Waals surface area contributed by atoms with Crippen LogP contribution in [0.5, 0.6) is 5.75 Å². The second kappa shape index (κ2) is 7.60. The number of aldehydes is 1. The van der Waals surface area contributed by atoms with Crippen LogP contribution < -0.4 is 4.74 Å². The summed E-state index contributed by atoms with van der Waals surface area (Å²) in [5.41, 5.74) is 2.28. The Morgan fingerprint density at radius 1 is 0.926 bits per heavy atom. The van der Waals surface area contributed by atoms with E-state index in [2.05, 4.69) is 0 Å². The number of fused-ring (bicyclic) bond motifs is 1. The van der Waals surface area contributed by atoms with E-state index in [1.807, 2.05) is 66.7 Å². The summed E-state index contributed by atoms with van der Waals surface area (Å²) in [6.07, 6.45) is 2.41. The molecule has 0 aliphatic rings. The first-order valence-electron chi connectivity index (χ1n) is 8.50. The molecule has 3 aromatic carbocycles. The van der Waals surface area contributed by atoms with Gasteiger partial charge in [0.1, 0.15) is 12.4 Å². The summed E-state index contributed by atoms with van der Waals surface area (Å²) in [7, 11) is -1.43. The molecule has 5 heteroatoms. The van der Waals surface area contributed by atoms with Crippen LogP contribution in [0.15, 0.2) is 90.0 Å². The van der Waals surface area contributed by atoms with Gasteiger partial charge < -0.3 is 4.74 Å². The van der Waals surface area contributed by atoms with Gasteiger partial charge in [-0.05, 0) is 35.9 Å². The van der Waals surface area contributed by atoms with E-state index in [1.165, 1.54) is 0 Å². The fraction of sp³-hybridized carbons (Fsp3) is 0.0455. The Kier molecular flexibility index (Phi) is 4.85. The van der Waals surface area contributed by atoms with E-state index in [-0.39, 0.29) is 0 Å². The SMILES string of the molecule is O=Cc1cn(S(=O)c2ccccc2)c2ccc(OCc3ccccc3)cc12. The Bertz CT molecular complexity index is 1100. The van der Waals surface area contributed by atoms with E-state index in [9.17, 15) is 9.00 Å². The molecule has 1 unspecified atom stereocenters. The molecule has 1 heterocycles. The molecule has 134 valence electrons. The lowest BCUT2D eigenvalue weighted by Crippen LogP contribution is -2.03. The Hall–Kier alpha value is -3.18. The maximum absolute atomic E-state index is 12.9. The van der Waals surface area contributed by atoms with Crippen LogP contribution in [0, 0.1) is 0 Å². The molecule has 0 radical (unpaired) electrons. The average molecular weight is 375 g/mol. The molecular formula is C22H17NO3S. The Balaban J connectivity index is 1.67. The van der Waals surface area contributed by atoms with E-state index >= 15 is 0 Å². The highest BCUT2D eigenvalue weighted by Gasteiger charge is 2.14. The molecule has 1 atom stereocenters. The predicted molar refractivity (Wildman–Crippen MR) is 106 cm³/mol. The standard InChI is InChI=1S/C22H17NO3S/c24-15-18-14-23(27(25)20-9-5-2-6-10-20)22-12-11-19(13-21(18)22)26-16-17-7-3-1-4-8-17/h1-15H,16H2. The summed E-state index contributed by atoms with van der Waals surface area (Å²) in [6.45, 7) is 0.444. The number of ether oxygens (including phenoxy) is 1. The largest absolute Gasteiger partial charge is 0.489 e. The number of carbonyl (C=O) groups is 1. The molecule has 4 rings (SSSR count). The first-order chi connectivity index (χ1) is 13.3. The Morgan fingerprint density at radius 3 is 2.33 bits per heavy atom. The smallest absolute Gasteiger partial charge is 0.157 e. The number of nitrogens with zero attached hydrogens (tertiary/aromatic N) is 1. The molecule has 0 N–H and O–H groups in total. The van der Waals surface area contributed by atoms with Gasteiger partial charge in [-0.3, -0.25) is 8.77 Å². The van der Waals surface area contributed by atoms with Crippen molar-refractivity contribution in [2.24, 2.45) is 0 Å². The topological polar surface area (TPSA) is 48.3 Å². The quantitative estimate of drug-likeness (QED) is 0.463. The zero-order valence-corrected chi connectivity index (χ0v) is 15.3. The van der Waals surface area contributed by atoms with Crippen LogP contribution in [0.1, 0.15) is 15.9 Å². The van der Waals surface area contributed by atoms with E-state index in [0.717, 1.165) is 22.8 Å². The monoisotopic (exact) mass is 375 g/mol. The highest BCUT2D eigenvalue weighted by molar-refractivity contribution is 7.83.